The van der Waals surface area contributed by atoms with Gasteiger partial charge in [-0.2, -0.15) is 0 Å². The van der Waals surface area contributed by atoms with E-state index in [2.05, 4.69) is 16.0 Å². The van der Waals surface area contributed by atoms with E-state index in [0.29, 0.717) is 22.1 Å². The van der Waals surface area contributed by atoms with Crippen LogP contribution in [0.3, 0.4) is 0 Å². The van der Waals surface area contributed by atoms with Crippen molar-refractivity contribution in [2.45, 2.75) is 6.92 Å². The first kappa shape index (κ1) is 17.6. The van der Waals surface area contributed by atoms with Crippen molar-refractivity contribution in [2.75, 3.05) is 24.3 Å². The van der Waals surface area contributed by atoms with Crippen LogP contribution in [0.1, 0.15) is 5.56 Å². The molecule has 3 amide bonds. The molecule has 2 aromatic rings. The van der Waals surface area contributed by atoms with Gasteiger partial charge < -0.3 is 20.7 Å². The first-order valence-electron chi connectivity index (χ1n) is 7.23. The summed E-state index contributed by atoms with van der Waals surface area (Å²) in [6.45, 7) is 1.75. The summed E-state index contributed by atoms with van der Waals surface area (Å²) in [4.78, 5) is 23.7. The molecule has 0 fully saturated rings. The summed E-state index contributed by atoms with van der Waals surface area (Å²) in [6, 6.07) is 11.8. The zero-order valence-corrected chi connectivity index (χ0v) is 14.1. The van der Waals surface area contributed by atoms with Crippen molar-refractivity contribution in [3.05, 3.63) is 53.1 Å². The van der Waals surface area contributed by atoms with E-state index in [1.165, 1.54) is 7.11 Å². The lowest BCUT2D eigenvalue weighted by molar-refractivity contribution is -0.115. The van der Waals surface area contributed by atoms with E-state index in [4.69, 9.17) is 16.3 Å². The van der Waals surface area contributed by atoms with Gasteiger partial charge in [-0.3, -0.25) is 4.79 Å². The maximum Gasteiger partial charge on any atom is 0.319 e. The van der Waals surface area contributed by atoms with Crippen molar-refractivity contribution < 1.29 is 14.3 Å². The molecule has 0 atom stereocenters. The number of carbonyl (C=O) groups excluding carboxylic acids is 2. The summed E-state index contributed by atoms with van der Waals surface area (Å²) in [5.41, 5.74) is 2.13. The summed E-state index contributed by atoms with van der Waals surface area (Å²) in [7, 11) is 1.53. The maximum absolute atomic E-state index is 11.9. The predicted octanol–water partition coefficient (Wildman–Crippen LogP) is 3.42. The Labute approximate surface area is 145 Å². The molecule has 0 saturated heterocycles. The minimum Gasteiger partial charge on any atom is -0.497 e. The van der Waals surface area contributed by atoms with Gasteiger partial charge in [-0.25, -0.2) is 4.79 Å². The summed E-state index contributed by atoms with van der Waals surface area (Å²) < 4.78 is 5.04. The molecule has 0 aliphatic heterocycles. The Morgan fingerprint density at radius 1 is 1.12 bits per heavy atom. The molecule has 3 N–H and O–H groups in total. The van der Waals surface area contributed by atoms with Gasteiger partial charge in [-0.15, -0.1) is 0 Å². The van der Waals surface area contributed by atoms with Gasteiger partial charge >= 0.3 is 6.03 Å². The number of ether oxygens (including phenoxy) is 1. The van der Waals surface area contributed by atoms with Crippen LogP contribution in [0.15, 0.2) is 42.5 Å². The van der Waals surface area contributed by atoms with Gasteiger partial charge in [0.1, 0.15) is 5.75 Å². The Kier molecular flexibility index (Phi) is 6.03. The SMILES string of the molecule is COc1ccc(NC(=O)CNC(=O)Nc2cccc(C)c2)c(Cl)c1. The summed E-state index contributed by atoms with van der Waals surface area (Å²) in [5, 5.41) is 8.11. The molecule has 7 heteroatoms. The van der Waals surface area contributed by atoms with Crippen molar-refractivity contribution in [2.24, 2.45) is 0 Å². The van der Waals surface area contributed by atoms with Gasteiger partial charge in [-0.05, 0) is 36.8 Å². The molecule has 0 aliphatic carbocycles. The van der Waals surface area contributed by atoms with Gasteiger partial charge in [-0.1, -0.05) is 23.7 Å². The van der Waals surface area contributed by atoms with Gasteiger partial charge in [0.15, 0.2) is 0 Å². The molecule has 0 spiro atoms. The quantitative estimate of drug-likeness (QED) is 0.775. The van der Waals surface area contributed by atoms with Gasteiger partial charge in [0, 0.05) is 11.8 Å². The molecule has 0 bridgehead atoms. The minimum absolute atomic E-state index is 0.181. The topological polar surface area (TPSA) is 79.5 Å². The Hall–Kier alpha value is -2.73. The van der Waals surface area contributed by atoms with Crippen LogP contribution in [0.5, 0.6) is 5.75 Å². The van der Waals surface area contributed by atoms with Crippen LogP contribution in [-0.4, -0.2) is 25.6 Å². The smallest absolute Gasteiger partial charge is 0.319 e. The Morgan fingerprint density at radius 2 is 1.92 bits per heavy atom. The summed E-state index contributed by atoms with van der Waals surface area (Å²) >= 11 is 6.04. The fourth-order valence-corrected chi connectivity index (χ4v) is 2.20. The molecule has 2 rings (SSSR count). The number of benzene rings is 2. The molecule has 0 aromatic heterocycles. The third-order valence-corrected chi connectivity index (χ3v) is 3.45. The number of aryl methyl sites for hydroxylation is 1. The lowest BCUT2D eigenvalue weighted by Crippen LogP contribution is -2.35. The molecule has 0 radical (unpaired) electrons. The van der Waals surface area contributed by atoms with Crippen LogP contribution in [0.2, 0.25) is 5.02 Å². The van der Waals surface area contributed by atoms with Crippen molar-refractivity contribution in [3.63, 3.8) is 0 Å². The highest BCUT2D eigenvalue weighted by Gasteiger charge is 2.09. The number of hydrogen-bond donors (Lipinski definition) is 3. The van der Waals surface area contributed by atoms with Crippen LogP contribution in [-0.2, 0) is 4.79 Å². The molecule has 0 aliphatic rings. The van der Waals surface area contributed by atoms with Crippen LogP contribution in [0, 0.1) is 6.92 Å². The second-order valence-electron chi connectivity index (χ2n) is 5.07. The second-order valence-corrected chi connectivity index (χ2v) is 5.48. The van der Waals surface area contributed by atoms with E-state index in [0.717, 1.165) is 5.56 Å². The fraction of sp³-hybridized carbons (Fsp3) is 0.176. The van der Waals surface area contributed by atoms with Crippen LogP contribution >= 0.6 is 11.6 Å². The molecule has 126 valence electrons. The number of nitrogens with one attached hydrogen (secondary N) is 3. The number of methoxy groups -OCH3 is 1. The van der Waals surface area contributed by atoms with Crippen LogP contribution in [0.4, 0.5) is 16.2 Å². The van der Waals surface area contributed by atoms with E-state index >= 15 is 0 Å². The third kappa shape index (κ3) is 5.17. The number of amides is 3. The van der Waals surface area contributed by atoms with Crippen molar-refractivity contribution in [3.8, 4) is 5.75 Å². The number of carbonyl (C=O) groups is 2. The number of hydrogen-bond acceptors (Lipinski definition) is 3. The van der Waals surface area contributed by atoms with Gasteiger partial charge in [0.2, 0.25) is 5.91 Å². The zero-order chi connectivity index (χ0) is 17.5. The molecule has 0 heterocycles. The molecule has 2 aromatic carbocycles. The third-order valence-electron chi connectivity index (χ3n) is 3.14. The average molecular weight is 348 g/mol. The first-order valence-corrected chi connectivity index (χ1v) is 7.60. The Morgan fingerprint density at radius 3 is 2.58 bits per heavy atom. The minimum atomic E-state index is -0.462. The molecular weight excluding hydrogens is 330 g/mol. The van der Waals surface area contributed by atoms with E-state index in [1.807, 2.05) is 25.1 Å². The van der Waals surface area contributed by atoms with E-state index < -0.39 is 6.03 Å². The highest BCUT2D eigenvalue weighted by Crippen LogP contribution is 2.26. The lowest BCUT2D eigenvalue weighted by atomic mass is 10.2. The van der Waals surface area contributed by atoms with Crippen molar-refractivity contribution in [1.29, 1.82) is 0 Å². The van der Waals surface area contributed by atoms with Gasteiger partial charge in [0.25, 0.3) is 0 Å². The highest BCUT2D eigenvalue weighted by molar-refractivity contribution is 6.33. The zero-order valence-electron chi connectivity index (χ0n) is 13.4. The maximum atomic E-state index is 11.9. The van der Waals surface area contributed by atoms with Gasteiger partial charge in [0.05, 0.1) is 24.4 Å². The monoisotopic (exact) mass is 347 g/mol. The van der Waals surface area contributed by atoms with E-state index in [1.54, 1.807) is 24.3 Å². The second kappa shape index (κ2) is 8.21. The molecular formula is C17H18ClN3O3. The standard InChI is InChI=1S/C17H18ClN3O3/c1-11-4-3-5-12(8-11)20-17(23)19-10-16(22)21-15-7-6-13(24-2)9-14(15)18/h3-9H,10H2,1-2H3,(H,21,22)(H2,19,20,23). The van der Waals surface area contributed by atoms with E-state index in [-0.39, 0.29) is 12.5 Å². The van der Waals surface area contributed by atoms with Crippen LogP contribution in [0.25, 0.3) is 0 Å². The molecule has 0 saturated carbocycles. The largest absolute Gasteiger partial charge is 0.497 e. The fourth-order valence-electron chi connectivity index (χ4n) is 1.98. The van der Waals surface area contributed by atoms with Crippen molar-refractivity contribution in [1.82, 2.24) is 5.32 Å². The number of anilines is 2. The molecule has 0 unspecified atom stereocenters. The van der Waals surface area contributed by atoms with Crippen molar-refractivity contribution >= 4 is 34.9 Å². The first-order chi connectivity index (χ1) is 11.5. The Balaban J connectivity index is 1.83. The number of rotatable bonds is 5. The molecule has 6 nitrogen and oxygen atoms in total. The summed E-state index contributed by atoms with van der Waals surface area (Å²) in [5.74, 6) is 0.204. The number of halogens is 1. The normalized spacial score (nSPS) is 9.96. The molecule has 24 heavy (non-hydrogen) atoms. The lowest BCUT2D eigenvalue weighted by Gasteiger charge is -2.10. The van der Waals surface area contributed by atoms with Crippen LogP contribution < -0.4 is 20.7 Å². The predicted molar refractivity (Wildman–Crippen MR) is 94.8 cm³/mol. The Bertz CT molecular complexity index is 750. The summed E-state index contributed by atoms with van der Waals surface area (Å²) in [6.07, 6.45) is 0. The average Bonchev–Trinajstić information content (AvgIpc) is 2.55. The highest BCUT2D eigenvalue weighted by atomic mass is 35.5. The number of urea groups is 1. The van der Waals surface area contributed by atoms with E-state index in [9.17, 15) is 9.59 Å².